The van der Waals surface area contributed by atoms with Crippen molar-refractivity contribution in [2.24, 2.45) is 0 Å². The van der Waals surface area contributed by atoms with E-state index in [4.69, 9.17) is 12.2 Å². The van der Waals surface area contributed by atoms with Gasteiger partial charge in [0.1, 0.15) is 12.7 Å². The van der Waals surface area contributed by atoms with E-state index in [1.165, 1.54) is 11.1 Å². The predicted octanol–water partition coefficient (Wildman–Crippen LogP) is 2.34. The van der Waals surface area contributed by atoms with Gasteiger partial charge in [-0.2, -0.15) is 0 Å². The summed E-state index contributed by atoms with van der Waals surface area (Å²) in [5.74, 6) is 0. The molecule has 0 bridgehead atoms. The van der Waals surface area contributed by atoms with E-state index < -0.39 is 0 Å². The lowest BCUT2D eigenvalue weighted by atomic mass is 10.0. The van der Waals surface area contributed by atoms with Crippen molar-refractivity contribution in [2.45, 2.75) is 26.7 Å². The molecule has 6 heteroatoms. The molecule has 1 aromatic heterocycles. The van der Waals surface area contributed by atoms with Crippen molar-refractivity contribution >= 4 is 23.0 Å². The van der Waals surface area contributed by atoms with E-state index in [9.17, 15) is 0 Å². The highest BCUT2D eigenvalue weighted by atomic mass is 32.1. The van der Waals surface area contributed by atoms with Gasteiger partial charge in [-0.1, -0.05) is 32.0 Å². The van der Waals surface area contributed by atoms with E-state index in [2.05, 4.69) is 53.0 Å². The van der Waals surface area contributed by atoms with Crippen molar-refractivity contribution < 1.29 is 0 Å². The Kier molecular flexibility index (Phi) is 4.46. The maximum absolute atomic E-state index is 5.30. The molecule has 2 rings (SSSR count). The predicted molar refractivity (Wildman–Crippen MR) is 80.8 cm³/mol. The Labute approximate surface area is 118 Å². The van der Waals surface area contributed by atoms with E-state index in [0.29, 0.717) is 5.11 Å². The van der Waals surface area contributed by atoms with E-state index in [1.54, 1.807) is 17.3 Å². The Morgan fingerprint density at radius 3 is 2.26 bits per heavy atom. The first-order chi connectivity index (χ1) is 9.24. The summed E-state index contributed by atoms with van der Waals surface area (Å²) in [6, 6.07) is 6.31. The minimum absolute atomic E-state index is 0.524. The highest BCUT2D eigenvalue weighted by molar-refractivity contribution is 7.80. The second-order valence-electron chi connectivity index (χ2n) is 4.09. The molecule has 100 valence electrons. The summed E-state index contributed by atoms with van der Waals surface area (Å²) in [5, 5.41) is 11.2. The Morgan fingerprint density at radius 1 is 1.16 bits per heavy atom. The maximum atomic E-state index is 5.30. The van der Waals surface area contributed by atoms with Gasteiger partial charge >= 0.3 is 0 Å². The van der Waals surface area contributed by atoms with Crippen molar-refractivity contribution in [2.75, 3.05) is 10.7 Å². The second kappa shape index (κ2) is 6.29. The van der Waals surface area contributed by atoms with Gasteiger partial charge in [-0.25, -0.2) is 4.68 Å². The SMILES string of the molecule is CCc1cccc(CC)c1NC(=S)Nn1cnnc1. The minimum Gasteiger partial charge on any atom is -0.331 e. The number of thiocarbonyl (C=S) groups is 1. The molecule has 0 atom stereocenters. The van der Waals surface area contributed by atoms with Crippen LogP contribution in [0.25, 0.3) is 0 Å². The Bertz CT molecular complexity index is 528. The summed E-state index contributed by atoms with van der Waals surface area (Å²) >= 11 is 5.30. The van der Waals surface area contributed by atoms with Crippen LogP contribution in [0.4, 0.5) is 5.69 Å². The fourth-order valence-electron chi connectivity index (χ4n) is 1.92. The molecular weight excluding hydrogens is 258 g/mol. The van der Waals surface area contributed by atoms with Crippen molar-refractivity contribution in [1.29, 1.82) is 0 Å². The standard InChI is InChI=1S/C13H17N5S/c1-3-10-6-5-7-11(4-2)12(10)16-13(19)17-18-8-14-15-9-18/h5-9H,3-4H2,1-2H3,(H2,16,17,19). The maximum Gasteiger partial charge on any atom is 0.190 e. The van der Waals surface area contributed by atoms with Gasteiger partial charge in [-0.3, -0.25) is 5.43 Å². The molecule has 0 aliphatic rings. The van der Waals surface area contributed by atoms with Crippen LogP contribution in [-0.2, 0) is 12.8 Å². The number of rotatable bonds is 4. The van der Waals surface area contributed by atoms with Gasteiger partial charge in [0.05, 0.1) is 0 Å². The summed E-state index contributed by atoms with van der Waals surface area (Å²) in [5.41, 5.74) is 6.59. The van der Waals surface area contributed by atoms with Gasteiger partial charge in [0.2, 0.25) is 0 Å². The molecular formula is C13H17N5S. The van der Waals surface area contributed by atoms with Crippen LogP contribution in [0, 0.1) is 0 Å². The Balaban J connectivity index is 2.15. The van der Waals surface area contributed by atoms with Gasteiger partial charge in [-0.05, 0) is 36.2 Å². The molecule has 0 amide bonds. The van der Waals surface area contributed by atoms with Crippen LogP contribution in [0.1, 0.15) is 25.0 Å². The molecule has 2 N–H and O–H groups in total. The number of aromatic nitrogens is 3. The molecule has 0 spiro atoms. The number of nitrogens with one attached hydrogen (secondary N) is 2. The molecule has 2 aromatic rings. The molecule has 0 radical (unpaired) electrons. The number of aryl methyl sites for hydroxylation is 2. The van der Waals surface area contributed by atoms with Crippen LogP contribution in [0.2, 0.25) is 0 Å². The molecule has 0 saturated carbocycles. The molecule has 0 aliphatic heterocycles. The van der Waals surface area contributed by atoms with Crippen LogP contribution in [0.15, 0.2) is 30.9 Å². The molecule has 0 saturated heterocycles. The Hall–Kier alpha value is -1.95. The first-order valence-electron chi connectivity index (χ1n) is 6.28. The molecule has 0 fully saturated rings. The Morgan fingerprint density at radius 2 is 1.74 bits per heavy atom. The highest BCUT2D eigenvalue weighted by Gasteiger charge is 2.07. The van der Waals surface area contributed by atoms with E-state index in [-0.39, 0.29) is 0 Å². The molecule has 0 unspecified atom stereocenters. The van der Waals surface area contributed by atoms with Gasteiger partial charge in [0, 0.05) is 5.69 Å². The number of para-hydroxylation sites is 1. The van der Waals surface area contributed by atoms with Gasteiger partial charge < -0.3 is 5.32 Å². The van der Waals surface area contributed by atoms with Crippen LogP contribution in [0.5, 0.6) is 0 Å². The normalized spacial score (nSPS) is 10.2. The average Bonchev–Trinajstić information content (AvgIpc) is 2.91. The smallest absolute Gasteiger partial charge is 0.190 e. The largest absolute Gasteiger partial charge is 0.331 e. The van der Waals surface area contributed by atoms with Crippen LogP contribution < -0.4 is 10.7 Å². The first kappa shape index (κ1) is 13.5. The van der Waals surface area contributed by atoms with Crippen LogP contribution in [0.3, 0.4) is 0 Å². The topological polar surface area (TPSA) is 54.8 Å². The van der Waals surface area contributed by atoms with E-state index >= 15 is 0 Å². The molecule has 1 aromatic carbocycles. The third kappa shape index (κ3) is 3.29. The first-order valence-corrected chi connectivity index (χ1v) is 6.68. The van der Waals surface area contributed by atoms with Crippen molar-refractivity contribution in [3.8, 4) is 0 Å². The zero-order valence-electron chi connectivity index (χ0n) is 11.1. The number of nitrogens with zero attached hydrogens (tertiary/aromatic N) is 3. The van der Waals surface area contributed by atoms with Crippen molar-refractivity contribution in [3.05, 3.63) is 42.0 Å². The lowest BCUT2D eigenvalue weighted by molar-refractivity contribution is 0.973. The molecule has 19 heavy (non-hydrogen) atoms. The summed E-state index contributed by atoms with van der Waals surface area (Å²) in [7, 11) is 0. The van der Waals surface area contributed by atoms with Gasteiger partial charge in [0.25, 0.3) is 0 Å². The second-order valence-corrected chi connectivity index (χ2v) is 4.50. The number of hydrogen-bond donors (Lipinski definition) is 2. The number of anilines is 1. The summed E-state index contributed by atoms with van der Waals surface area (Å²) in [4.78, 5) is 0. The van der Waals surface area contributed by atoms with E-state index in [0.717, 1.165) is 18.5 Å². The lowest BCUT2D eigenvalue weighted by Gasteiger charge is -2.16. The van der Waals surface area contributed by atoms with Crippen LogP contribution in [-0.4, -0.2) is 20.0 Å². The highest BCUT2D eigenvalue weighted by Crippen LogP contribution is 2.22. The quantitative estimate of drug-likeness (QED) is 0.839. The average molecular weight is 275 g/mol. The van der Waals surface area contributed by atoms with E-state index in [1.807, 2.05) is 0 Å². The monoisotopic (exact) mass is 275 g/mol. The molecule has 5 nitrogen and oxygen atoms in total. The van der Waals surface area contributed by atoms with Crippen molar-refractivity contribution in [3.63, 3.8) is 0 Å². The van der Waals surface area contributed by atoms with Crippen LogP contribution >= 0.6 is 12.2 Å². The third-order valence-electron chi connectivity index (χ3n) is 2.89. The summed E-state index contributed by atoms with van der Waals surface area (Å²) in [6.45, 7) is 4.27. The zero-order valence-corrected chi connectivity index (χ0v) is 11.9. The number of benzene rings is 1. The summed E-state index contributed by atoms with van der Waals surface area (Å²) in [6.07, 6.45) is 5.04. The third-order valence-corrected chi connectivity index (χ3v) is 3.08. The molecule has 1 heterocycles. The zero-order chi connectivity index (χ0) is 13.7. The fraction of sp³-hybridized carbons (Fsp3) is 0.308. The summed E-state index contributed by atoms with van der Waals surface area (Å²) < 4.78 is 1.61. The van der Waals surface area contributed by atoms with Crippen molar-refractivity contribution in [1.82, 2.24) is 14.9 Å². The molecule has 0 aliphatic carbocycles. The van der Waals surface area contributed by atoms with Gasteiger partial charge in [-0.15, -0.1) is 10.2 Å². The number of hydrogen-bond acceptors (Lipinski definition) is 3. The lowest BCUT2D eigenvalue weighted by Crippen LogP contribution is -2.27. The fourth-order valence-corrected chi connectivity index (χ4v) is 2.13. The minimum atomic E-state index is 0.524. The van der Waals surface area contributed by atoms with Gasteiger partial charge in [0.15, 0.2) is 5.11 Å².